The second-order valence-corrected chi connectivity index (χ2v) is 6.27. The lowest BCUT2D eigenvalue weighted by Crippen LogP contribution is -2.46. The Kier molecular flexibility index (Phi) is 5.29. The molecule has 0 fully saturated rings. The van der Waals surface area contributed by atoms with Crippen molar-refractivity contribution in [2.45, 2.75) is 60.5 Å². The Bertz CT molecular complexity index is 471. The van der Waals surface area contributed by atoms with E-state index >= 15 is 0 Å². The third-order valence-electron chi connectivity index (χ3n) is 3.38. The Morgan fingerprint density at radius 3 is 2.47 bits per heavy atom. The molecule has 1 heterocycles. The van der Waals surface area contributed by atoms with Crippen molar-refractivity contribution in [2.75, 3.05) is 6.54 Å². The highest BCUT2D eigenvalue weighted by molar-refractivity contribution is 5.02. The Labute approximate surface area is 116 Å². The molecule has 4 heteroatoms. The molecule has 0 amide bonds. The number of nitrogens with one attached hydrogen (secondary N) is 1. The topological polar surface area (TPSA) is 46.9 Å². The Hall–Kier alpha value is -1.16. The van der Waals surface area contributed by atoms with Crippen molar-refractivity contribution in [3.8, 4) is 0 Å². The van der Waals surface area contributed by atoms with Crippen molar-refractivity contribution in [2.24, 2.45) is 5.41 Å². The monoisotopic (exact) mass is 265 g/mol. The van der Waals surface area contributed by atoms with E-state index in [0.29, 0.717) is 6.54 Å². The zero-order chi connectivity index (χ0) is 14.6. The van der Waals surface area contributed by atoms with E-state index in [9.17, 15) is 4.79 Å². The van der Waals surface area contributed by atoms with Gasteiger partial charge in [0, 0.05) is 24.3 Å². The summed E-state index contributed by atoms with van der Waals surface area (Å²) in [7, 11) is 0. The fraction of sp³-hybridized carbons (Fsp3) is 0.733. The zero-order valence-corrected chi connectivity index (χ0v) is 13.1. The van der Waals surface area contributed by atoms with Crippen LogP contribution < -0.4 is 10.9 Å². The number of aryl methyl sites for hydroxylation is 2. The first kappa shape index (κ1) is 15.9. The van der Waals surface area contributed by atoms with Crippen LogP contribution >= 0.6 is 0 Å². The van der Waals surface area contributed by atoms with Crippen LogP contribution in [-0.2, 0) is 6.54 Å². The lowest BCUT2D eigenvalue weighted by atomic mass is 9.86. The molecule has 19 heavy (non-hydrogen) atoms. The molecule has 0 aliphatic carbocycles. The SMILES string of the molecule is CCCNC(Cn1c(C)nc(C)cc1=O)C(C)(C)C. The average Bonchev–Trinajstić information content (AvgIpc) is 2.25. The minimum absolute atomic E-state index is 0.0394. The van der Waals surface area contributed by atoms with Crippen LogP contribution in [0.25, 0.3) is 0 Å². The second kappa shape index (κ2) is 6.33. The van der Waals surface area contributed by atoms with E-state index in [4.69, 9.17) is 0 Å². The zero-order valence-electron chi connectivity index (χ0n) is 13.1. The summed E-state index contributed by atoms with van der Waals surface area (Å²) in [4.78, 5) is 16.5. The number of aromatic nitrogens is 2. The molecule has 0 bridgehead atoms. The van der Waals surface area contributed by atoms with Gasteiger partial charge in [0.25, 0.3) is 5.56 Å². The number of hydrogen-bond acceptors (Lipinski definition) is 3. The number of hydrogen-bond donors (Lipinski definition) is 1. The van der Waals surface area contributed by atoms with E-state index in [1.54, 1.807) is 10.6 Å². The molecule has 1 unspecified atom stereocenters. The third kappa shape index (κ3) is 4.46. The molecular weight excluding hydrogens is 238 g/mol. The Morgan fingerprint density at radius 2 is 2.00 bits per heavy atom. The number of rotatable bonds is 5. The summed E-state index contributed by atoms with van der Waals surface area (Å²) in [6.45, 7) is 14.1. The van der Waals surface area contributed by atoms with E-state index in [2.05, 4.69) is 38.0 Å². The molecule has 1 N–H and O–H groups in total. The molecule has 108 valence electrons. The Morgan fingerprint density at radius 1 is 1.37 bits per heavy atom. The highest BCUT2D eigenvalue weighted by atomic mass is 16.1. The van der Waals surface area contributed by atoms with Crippen LogP contribution in [-0.4, -0.2) is 22.1 Å². The Balaban J connectivity index is 3.00. The highest BCUT2D eigenvalue weighted by Gasteiger charge is 2.25. The van der Waals surface area contributed by atoms with Crippen molar-refractivity contribution < 1.29 is 0 Å². The summed E-state index contributed by atoms with van der Waals surface area (Å²) in [5.74, 6) is 0.789. The second-order valence-electron chi connectivity index (χ2n) is 6.27. The third-order valence-corrected chi connectivity index (χ3v) is 3.38. The molecule has 4 nitrogen and oxygen atoms in total. The number of nitrogens with zero attached hydrogens (tertiary/aromatic N) is 2. The highest BCUT2D eigenvalue weighted by Crippen LogP contribution is 2.20. The van der Waals surface area contributed by atoms with Gasteiger partial charge in [0.15, 0.2) is 0 Å². The van der Waals surface area contributed by atoms with Crippen molar-refractivity contribution in [3.63, 3.8) is 0 Å². The minimum Gasteiger partial charge on any atom is -0.312 e. The molecule has 0 aromatic carbocycles. The molecule has 0 aliphatic rings. The molecule has 1 rings (SSSR count). The predicted octanol–water partition coefficient (Wildman–Crippen LogP) is 2.27. The van der Waals surface area contributed by atoms with Crippen LogP contribution in [0, 0.1) is 19.3 Å². The van der Waals surface area contributed by atoms with Gasteiger partial charge in [0.1, 0.15) is 5.82 Å². The molecule has 1 aromatic heterocycles. The van der Waals surface area contributed by atoms with E-state index in [1.807, 2.05) is 13.8 Å². The molecule has 1 atom stereocenters. The van der Waals surface area contributed by atoms with Gasteiger partial charge in [-0.1, -0.05) is 27.7 Å². The molecular formula is C15H27N3O. The van der Waals surface area contributed by atoms with Gasteiger partial charge in [-0.15, -0.1) is 0 Å². The van der Waals surface area contributed by atoms with Crippen molar-refractivity contribution in [1.82, 2.24) is 14.9 Å². The largest absolute Gasteiger partial charge is 0.312 e. The van der Waals surface area contributed by atoms with Gasteiger partial charge >= 0.3 is 0 Å². The summed E-state index contributed by atoms with van der Waals surface area (Å²) in [5, 5.41) is 3.54. The van der Waals surface area contributed by atoms with Crippen LogP contribution in [0.1, 0.15) is 45.6 Å². The fourth-order valence-electron chi connectivity index (χ4n) is 2.13. The van der Waals surface area contributed by atoms with Crippen molar-refractivity contribution in [1.29, 1.82) is 0 Å². The lowest BCUT2D eigenvalue weighted by molar-refractivity contribution is 0.238. The normalized spacial score (nSPS) is 13.6. The summed E-state index contributed by atoms with van der Waals surface area (Å²) in [5.41, 5.74) is 0.927. The van der Waals surface area contributed by atoms with Crippen LogP contribution in [0.2, 0.25) is 0 Å². The van der Waals surface area contributed by atoms with Gasteiger partial charge in [-0.05, 0) is 32.2 Å². The van der Waals surface area contributed by atoms with Gasteiger partial charge in [-0.25, -0.2) is 4.98 Å². The molecule has 0 aliphatic heterocycles. The van der Waals surface area contributed by atoms with Crippen molar-refractivity contribution in [3.05, 3.63) is 27.9 Å². The standard InChI is InChI=1S/C15H27N3O/c1-7-8-16-13(15(4,5)6)10-18-12(3)17-11(2)9-14(18)19/h9,13,16H,7-8,10H2,1-6H3. The molecule has 0 saturated heterocycles. The predicted molar refractivity (Wildman–Crippen MR) is 79.5 cm³/mol. The summed E-state index contributed by atoms with van der Waals surface area (Å²) in [6, 6.07) is 1.86. The molecule has 0 spiro atoms. The summed E-state index contributed by atoms with van der Waals surface area (Å²) >= 11 is 0. The molecule has 0 radical (unpaired) electrons. The van der Waals surface area contributed by atoms with Gasteiger partial charge < -0.3 is 5.32 Å². The van der Waals surface area contributed by atoms with Crippen LogP contribution in [0.3, 0.4) is 0 Å². The van der Waals surface area contributed by atoms with Gasteiger partial charge in [0.2, 0.25) is 0 Å². The van der Waals surface area contributed by atoms with Crippen LogP contribution in [0.4, 0.5) is 0 Å². The van der Waals surface area contributed by atoms with E-state index in [1.165, 1.54) is 0 Å². The van der Waals surface area contributed by atoms with E-state index < -0.39 is 0 Å². The fourth-order valence-corrected chi connectivity index (χ4v) is 2.13. The first-order valence-electron chi connectivity index (χ1n) is 7.04. The quantitative estimate of drug-likeness (QED) is 0.888. The maximum Gasteiger partial charge on any atom is 0.253 e. The van der Waals surface area contributed by atoms with Gasteiger partial charge in [-0.3, -0.25) is 9.36 Å². The smallest absolute Gasteiger partial charge is 0.253 e. The maximum absolute atomic E-state index is 12.1. The molecule has 1 aromatic rings. The first-order valence-corrected chi connectivity index (χ1v) is 7.04. The van der Waals surface area contributed by atoms with E-state index in [0.717, 1.165) is 24.5 Å². The van der Waals surface area contributed by atoms with E-state index in [-0.39, 0.29) is 17.0 Å². The lowest BCUT2D eigenvalue weighted by Gasteiger charge is -2.32. The van der Waals surface area contributed by atoms with Crippen LogP contribution in [0.15, 0.2) is 10.9 Å². The summed E-state index contributed by atoms with van der Waals surface area (Å²) < 4.78 is 1.77. The summed E-state index contributed by atoms with van der Waals surface area (Å²) in [6.07, 6.45) is 1.09. The van der Waals surface area contributed by atoms with Crippen molar-refractivity contribution >= 4 is 0 Å². The van der Waals surface area contributed by atoms with Gasteiger partial charge in [-0.2, -0.15) is 0 Å². The minimum atomic E-state index is 0.0394. The molecule has 0 saturated carbocycles. The van der Waals surface area contributed by atoms with Crippen LogP contribution in [0.5, 0.6) is 0 Å². The first-order chi connectivity index (χ1) is 8.75. The maximum atomic E-state index is 12.1. The average molecular weight is 265 g/mol. The van der Waals surface area contributed by atoms with Gasteiger partial charge in [0.05, 0.1) is 0 Å².